The van der Waals surface area contributed by atoms with Gasteiger partial charge in [-0.3, -0.25) is 14.4 Å². The Morgan fingerprint density at radius 1 is 1.26 bits per heavy atom. The second kappa shape index (κ2) is 9.25. The van der Waals surface area contributed by atoms with Crippen molar-refractivity contribution < 1.29 is 28.6 Å². The number of hydrogen-bond acceptors (Lipinski definition) is 6. The van der Waals surface area contributed by atoms with E-state index < -0.39 is 11.9 Å². The van der Waals surface area contributed by atoms with Gasteiger partial charge in [-0.2, -0.15) is 0 Å². The number of carbonyl (C=O) groups is 3. The Hall–Kier alpha value is -2.77. The number of methoxy groups -OCH3 is 2. The minimum atomic E-state index is -0.623. The predicted octanol–water partition coefficient (Wildman–Crippen LogP) is 1.37. The van der Waals surface area contributed by atoms with Crippen molar-refractivity contribution in [3.63, 3.8) is 0 Å². The first kappa shape index (κ1) is 20.5. The summed E-state index contributed by atoms with van der Waals surface area (Å²) in [6.07, 6.45) is 0.0294. The molecular formula is C19H26N2O6. The molecule has 0 bridgehead atoms. The number of ether oxygens (including phenoxy) is 3. The highest BCUT2D eigenvalue weighted by Crippen LogP contribution is 2.35. The van der Waals surface area contributed by atoms with E-state index in [0.717, 1.165) is 0 Å². The number of carbonyl (C=O) groups excluding carboxylic acids is 3. The Balaban J connectivity index is 1.97. The van der Waals surface area contributed by atoms with Crippen molar-refractivity contribution in [1.29, 1.82) is 0 Å². The van der Waals surface area contributed by atoms with Gasteiger partial charge in [0.2, 0.25) is 5.91 Å². The smallest absolute Gasteiger partial charge is 0.311 e. The maximum absolute atomic E-state index is 12.4. The molecule has 148 valence electrons. The second-order valence-corrected chi connectivity index (χ2v) is 6.75. The molecule has 1 fully saturated rings. The first-order valence-electron chi connectivity index (χ1n) is 8.81. The molecule has 0 aliphatic carbocycles. The second-order valence-electron chi connectivity index (χ2n) is 6.75. The monoisotopic (exact) mass is 378 g/mol. The van der Waals surface area contributed by atoms with Crippen LogP contribution in [0.4, 0.5) is 5.69 Å². The van der Waals surface area contributed by atoms with Gasteiger partial charge >= 0.3 is 5.97 Å². The van der Waals surface area contributed by atoms with Crippen molar-refractivity contribution in [2.75, 3.05) is 38.8 Å². The fraction of sp³-hybridized carbons (Fsp3) is 0.526. The molecule has 2 amide bonds. The van der Waals surface area contributed by atoms with Crippen molar-refractivity contribution in [1.82, 2.24) is 5.32 Å². The van der Waals surface area contributed by atoms with E-state index in [2.05, 4.69) is 5.32 Å². The molecule has 1 aliphatic heterocycles. The lowest BCUT2D eigenvalue weighted by molar-refractivity contribution is -0.152. The summed E-state index contributed by atoms with van der Waals surface area (Å²) in [5, 5.41) is 2.68. The van der Waals surface area contributed by atoms with Gasteiger partial charge in [-0.1, -0.05) is 13.8 Å². The van der Waals surface area contributed by atoms with Crippen LogP contribution in [0.5, 0.6) is 11.5 Å². The van der Waals surface area contributed by atoms with Gasteiger partial charge in [0.1, 0.15) is 11.5 Å². The van der Waals surface area contributed by atoms with E-state index in [0.29, 0.717) is 29.6 Å². The number of esters is 1. The molecule has 1 aliphatic rings. The van der Waals surface area contributed by atoms with Gasteiger partial charge in [0, 0.05) is 25.6 Å². The van der Waals surface area contributed by atoms with E-state index in [4.69, 9.17) is 14.2 Å². The molecule has 0 unspecified atom stereocenters. The number of rotatable bonds is 8. The van der Waals surface area contributed by atoms with Crippen molar-refractivity contribution in [2.45, 2.75) is 20.3 Å². The average molecular weight is 378 g/mol. The molecule has 0 radical (unpaired) electrons. The molecular weight excluding hydrogens is 352 g/mol. The standard InChI is InChI=1S/C19H26N2O6/c1-12(2)9-20-17(22)11-27-19(24)13-7-18(23)21(10-13)15-6-5-14(25-3)8-16(15)26-4/h5-6,8,12-13H,7,9-11H2,1-4H3,(H,20,22)/t13-/m1/s1. The molecule has 1 saturated heterocycles. The van der Waals surface area contributed by atoms with Crippen LogP contribution in [0.1, 0.15) is 20.3 Å². The summed E-state index contributed by atoms with van der Waals surface area (Å²) in [5.41, 5.74) is 0.563. The van der Waals surface area contributed by atoms with Crippen LogP contribution in [0.25, 0.3) is 0 Å². The number of nitrogens with one attached hydrogen (secondary N) is 1. The maximum Gasteiger partial charge on any atom is 0.311 e. The first-order chi connectivity index (χ1) is 12.8. The zero-order valence-corrected chi connectivity index (χ0v) is 16.1. The third kappa shape index (κ3) is 5.35. The SMILES string of the molecule is COc1ccc(N2C[C@H](C(=O)OCC(=O)NCC(C)C)CC2=O)c(OC)c1. The van der Waals surface area contributed by atoms with Crippen LogP contribution in [0.2, 0.25) is 0 Å². The van der Waals surface area contributed by atoms with Gasteiger partial charge < -0.3 is 24.4 Å². The Bertz CT molecular complexity index is 703. The van der Waals surface area contributed by atoms with E-state index in [1.54, 1.807) is 25.3 Å². The quantitative estimate of drug-likeness (QED) is 0.687. The average Bonchev–Trinajstić information content (AvgIpc) is 3.05. The van der Waals surface area contributed by atoms with Gasteiger partial charge in [0.25, 0.3) is 5.91 Å². The Morgan fingerprint density at radius 3 is 2.63 bits per heavy atom. The molecule has 1 atom stereocenters. The number of amides is 2. The van der Waals surface area contributed by atoms with Crippen molar-refractivity contribution >= 4 is 23.5 Å². The van der Waals surface area contributed by atoms with E-state index in [9.17, 15) is 14.4 Å². The van der Waals surface area contributed by atoms with E-state index in [-0.39, 0.29) is 31.4 Å². The van der Waals surface area contributed by atoms with Gasteiger partial charge in [-0.25, -0.2) is 0 Å². The lowest BCUT2D eigenvalue weighted by Gasteiger charge is -2.20. The third-order valence-corrected chi connectivity index (χ3v) is 4.19. The number of hydrogen-bond donors (Lipinski definition) is 1. The van der Waals surface area contributed by atoms with E-state index in [1.165, 1.54) is 12.0 Å². The van der Waals surface area contributed by atoms with Crippen LogP contribution < -0.4 is 19.7 Å². The lowest BCUT2D eigenvalue weighted by Crippen LogP contribution is -2.33. The summed E-state index contributed by atoms with van der Waals surface area (Å²) in [6.45, 7) is 4.29. The Labute approximate surface area is 158 Å². The molecule has 27 heavy (non-hydrogen) atoms. The zero-order valence-electron chi connectivity index (χ0n) is 16.1. The highest BCUT2D eigenvalue weighted by atomic mass is 16.5. The fourth-order valence-corrected chi connectivity index (χ4v) is 2.73. The molecule has 1 aromatic carbocycles. The predicted molar refractivity (Wildman–Crippen MR) is 98.8 cm³/mol. The van der Waals surface area contributed by atoms with Crippen molar-refractivity contribution in [2.24, 2.45) is 11.8 Å². The first-order valence-corrected chi connectivity index (χ1v) is 8.81. The molecule has 0 saturated carbocycles. The van der Waals surface area contributed by atoms with Crippen LogP contribution in [0, 0.1) is 11.8 Å². The lowest BCUT2D eigenvalue weighted by atomic mass is 10.1. The summed E-state index contributed by atoms with van der Waals surface area (Å²) in [5.74, 6) is -0.347. The summed E-state index contributed by atoms with van der Waals surface area (Å²) in [7, 11) is 3.04. The molecule has 0 spiro atoms. The number of nitrogens with zero attached hydrogens (tertiary/aromatic N) is 1. The van der Waals surface area contributed by atoms with E-state index >= 15 is 0 Å². The van der Waals surface area contributed by atoms with Crippen molar-refractivity contribution in [3.8, 4) is 11.5 Å². The van der Waals surface area contributed by atoms with Gasteiger partial charge in [-0.15, -0.1) is 0 Å². The normalized spacial score (nSPS) is 16.4. The number of benzene rings is 1. The minimum absolute atomic E-state index is 0.0294. The Kier molecular flexibility index (Phi) is 7.04. The van der Waals surface area contributed by atoms with E-state index in [1.807, 2.05) is 13.8 Å². The van der Waals surface area contributed by atoms with Gasteiger partial charge in [-0.05, 0) is 18.1 Å². The van der Waals surface area contributed by atoms with Crippen LogP contribution in [0.15, 0.2) is 18.2 Å². The topological polar surface area (TPSA) is 94.2 Å². The Morgan fingerprint density at radius 2 is 2.00 bits per heavy atom. The van der Waals surface area contributed by atoms with Gasteiger partial charge in [0.15, 0.2) is 6.61 Å². The van der Waals surface area contributed by atoms with Crippen molar-refractivity contribution in [3.05, 3.63) is 18.2 Å². The number of anilines is 1. The molecule has 1 heterocycles. The van der Waals surface area contributed by atoms with Crippen LogP contribution in [-0.2, 0) is 19.1 Å². The van der Waals surface area contributed by atoms with Gasteiger partial charge in [0.05, 0.1) is 25.8 Å². The molecule has 8 nitrogen and oxygen atoms in total. The minimum Gasteiger partial charge on any atom is -0.497 e. The molecule has 1 aromatic rings. The van der Waals surface area contributed by atoms with Crippen LogP contribution >= 0.6 is 0 Å². The fourth-order valence-electron chi connectivity index (χ4n) is 2.73. The summed E-state index contributed by atoms with van der Waals surface area (Å²) in [4.78, 5) is 37.8. The zero-order chi connectivity index (χ0) is 20.0. The summed E-state index contributed by atoms with van der Waals surface area (Å²) >= 11 is 0. The summed E-state index contributed by atoms with van der Waals surface area (Å²) < 4.78 is 15.5. The summed E-state index contributed by atoms with van der Waals surface area (Å²) in [6, 6.07) is 5.10. The van der Waals surface area contributed by atoms with Crippen LogP contribution in [-0.4, -0.2) is 51.7 Å². The molecule has 8 heteroatoms. The highest BCUT2D eigenvalue weighted by molar-refractivity contribution is 6.00. The maximum atomic E-state index is 12.4. The van der Waals surface area contributed by atoms with Crippen LogP contribution in [0.3, 0.4) is 0 Å². The third-order valence-electron chi connectivity index (χ3n) is 4.19. The molecule has 0 aromatic heterocycles. The molecule has 2 rings (SSSR count). The largest absolute Gasteiger partial charge is 0.497 e. The molecule has 1 N–H and O–H groups in total. The highest BCUT2D eigenvalue weighted by Gasteiger charge is 2.37.